The van der Waals surface area contributed by atoms with Crippen molar-refractivity contribution >= 4 is 59.4 Å². The van der Waals surface area contributed by atoms with Crippen LogP contribution < -0.4 is 0 Å². The third-order valence-electron chi connectivity index (χ3n) is 10.9. The average Bonchev–Trinajstić information content (AvgIpc) is 3.79. The standard InChI is InChI=1S/C50H33N3S/c1-2-12-32(13-3-1)49-41-20-4-7-21-44(41)51-50(52-49)37-16-10-14-33(28-37)34-15-11-17-38(29-34)53-45-22-8-5-18-39(45)42-30-35(24-26-46(42)53)36-25-27-48-43(31-36)40-19-6-9-23-47(40)54-48/h1-4,6-17,19-31H,5,18H2. The smallest absolute Gasteiger partial charge is 0.160 e. The first-order chi connectivity index (χ1) is 26.7. The van der Waals surface area contributed by atoms with Crippen LogP contribution in [-0.2, 0) is 6.42 Å². The van der Waals surface area contributed by atoms with Gasteiger partial charge in [-0.3, -0.25) is 0 Å². The molecule has 54 heavy (non-hydrogen) atoms. The molecule has 0 atom stereocenters. The molecule has 4 heteroatoms. The van der Waals surface area contributed by atoms with Crippen molar-refractivity contribution in [1.29, 1.82) is 0 Å². The van der Waals surface area contributed by atoms with Crippen molar-refractivity contribution in [2.45, 2.75) is 12.8 Å². The predicted octanol–water partition coefficient (Wildman–Crippen LogP) is 13.6. The van der Waals surface area contributed by atoms with E-state index >= 15 is 0 Å². The van der Waals surface area contributed by atoms with Crippen molar-refractivity contribution in [2.75, 3.05) is 0 Å². The molecule has 3 nitrogen and oxygen atoms in total. The van der Waals surface area contributed by atoms with E-state index in [1.807, 2.05) is 23.5 Å². The highest BCUT2D eigenvalue weighted by Crippen LogP contribution is 2.40. The van der Waals surface area contributed by atoms with Crippen molar-refractivity contribution in [3.05, 3.63) is 181 Å². The second kappa shape index (κ2) is 12.5. The lowest BCUT2D eigenvalue weighted by molar-refractivity contribution is 0.968. The maximum Gasteiger partial charge on any atom is 0.160 e. The molecular formula is C50H33N3S. The molecule has 0 unspecified atom stereocenters. The fourth-order valence-electron chi connectivity index (χ4n) is 8.28. The van der Waals surface area contributed by atoms with E-state index in [2.05, 4.69) is 168 Å². The number of aryl methyl sites for hydroxylation is 1. The molecule has 254 valence electrons. The molecule has 0 bridgehead atoms. The van der Waals surface area contributed by atoms with Crippen LogP contribution >= 0.6 is 11.3 Å². The minimum Gasteiger partial charge on any atom is -0.310 e. The summed E-state index contributed by atoms with van der Waals surface area (Å²) < 4.78 is 5.12. The number of fused-ring (bicyclic) bond motifs is 7. The number of hydrogen-bond acceptors (Lipinski definition) is 3. The number of rotatable bonds is 5. The van der Waals surface area contributed by atoms with Crippen LogP contribution in [0.2, 0.25) is 0 Å². The lowest BCUT2D eigenvalue weighted by atomic mass is 9.97. The van der Waals surface area contributed by atoms with E-state index in [-0.39, 0.29) is 0 Å². The fourth-order valence-corrected chi connectivity index (χ4v) is 9.37. The first-order valence-corrected chi connectivity index (χ1v) is 19.4. The number of aromatic nitrogens is 3. The molecule has 1 aliphatic rings. The van der Waals surface area contributed by atoms with Gasteiger partial charge in [0.2, 0.25) is 0 Å². The van der Waals surface area contributed by atoms with Crippen molar-refractivity contribution < 1.29 is 0 Å². The number of nitrogens with zero attached hydrogens (tertiary/aromatic N) is 3. The van der Waals surface area contributed by atoms with Gasteiger partial charge in [-0.15, -0.1) is 11.3 Å². The van der Waals surface area contributed by atoms with E-state index < -0.39 is 0 Å². The minimum absolute atomic E-state index is 0.725. The van der Waals surface area contributed by atoms with Crippen molar-refractivity contribution in [3.63, 3.8) is 0 Å². The highest BCUT2D eigenvalue weighted by atomic mass is 32.1. The van der Waals surface area contributed by atoms with E-state index in [0.717, 1.165) is 63.2 Å². The van der Waals surface area contributed by atoms with Crippen LogP contribution in [0.15, 0.2) is 170 Å². The van der Waals surface area contributed by atoms with E-state index in [9.17, 15) is 0 Å². The van der Waals surface area contributed by atoms with Gasteiger partial charge in [0.05, 0.1) is 16.7 Å². The SMILES string of the molecule is C1=Cc2c(c3cc(-c4ccc5sc6ccccc6c5c4)ccc3n2-c2cccc(-c3cccc(-c4nc(-c5ccccc5)c5ccccc5n4)c3)c2)CC1. The number of thiophene rings is 1. The molecule has 0 radical (unpaired) electrons. The Balaban J connectivity index is 1.00. The quantitative estimate of drug-likeness (QED) is 0.178. The molecule has 11 rings (SSSR count). The van der Waals surface area contributed by atoms with Crippen molar-refractivity contribution in [3.8, 4) is 50.6 Å². The average molecular weight is 708 g/mol. The number of benzene rings is 7. The van der Waals surface area contributed by atoms with Gasteiger partial charge in [-0.25, -0.2) is 9.97 Å². The lowest BCUT2D eigenvalue weighted by Crippen LogP contribution is -2.00. The first-order valence-electron chi connectivity index (χ1n) is 18.5. The van der Waals surface area contributed by atoms with Crippen LogP contribution in [-0.4, -0.2) is 14.5 Å². The summed E-state index contributed by atoms with van der Waals surface area (Å²) in [5, 5.41) is 5.05. The van der Waals surface area contributed by atoms with Crippen molar-refractivity contribution in [1.82, 2.24) is 14.5 Å². The van der Waals surface area contributed by atoms with Gasteiger partial charge in [0.25, 0.3) is 0 Å². The van der Waals surface area contributed by atoms with E-state index in [1.165, 1.54) is 53.5 Å². The van der Waals surface area contributed by atoms with Crippen LogP contribution in [0.1, 0.15) is 17.7 Å². The second-order valence-electron chi connectivity index (χ2n) is 14.1. The normalized spacial score (nSPS) is 12.6. The highest BCUT2D eigenvalue weighted by molar-refractivity contribution is 7.25. The molecule has 3 heterocycles. The summed E-state index contributed by atoms with van der Waals surface area (Å²) >= 11 is 1.87. The van der Waals surface area contributed by atoms with E-state index in [1.54, 1.807) is 0 Å². The maximum absolute atomic E-state index is 5.15. The van der Waals surface area contributed by atoms with Crippen LogP contribution in [0.3, 0.4) is 0 Å². The molecule has 0 aliphatic heterocycles. The molecule has 3 aromatic heterocycles. The van der Waals surface area contributed by atoms with Crippen LogP contribution in [0.4, 0.5) is 0 Å². The highest BCUT2D eigenvalue weighted by Gasteiger charge is 2.20. The van der Waals surface area contributed by atoms with Crippen LogP contribution in [0.25, 0.3) is 98.6 Å². The molecule has 1 aliphatic carbocycles. The number of hydrogen-bond donors (Lipinski definition) is 0. The molecule has 0 saturated heterocycles. The minimum atomic E-state index is 0.725. The summed E-state index contributed by atoms with van der Waals surface area (Å²) in [5.74, 6) is 0.725. The van der Waals surface area contributed by atoms with Gasteiger partial charge in [-0.05, 0) is 101 Å². The summed E-state index contributed by atoms with van der Waals surface area (Å²) in [5.41, 5.74) is 13.9. The predicted molar refractivity (Wildman–Crippen MR) is 228 cm³/mol. The topological polar surface area (TPSA) is 30.7 Å². The van der Waals surface area contributed by atoms with Gasteiger partial charge < -0.3 is 4.57 Å². The Morgan fingerprint density at radius 3 is 2.07 bits per heavy atom. The van der Waals surface area contributed by atoms with Gasteiger partial charge in [0, 0.05) is 53.5 Å². The summed E-state index contributed by atoms with van der Waals surface area (Å²) in [6.07, 6.45) is 6.72. The summed E-state index contributed by atoms with van der Waals surface area (Å²) in [6, 6.07) is 59.0. The Labute approximate surface area is 317 Å². The molecule has 10 aromatic rings. The molecule has 0 spiro atoms. The molecule has 0 amide bonds. The van der Waals surface area contributed by atoms with Crippen LogP contribution in [0, 0.1) is 0 Å². The largest absolute Gasteiger partial charge is 0.310 e. The second-order valence-corrected chi connectivity index (χ2v) is 15.2. The summed E-state index contributed by atoms with van der Waals surface area (Å²) in [7, 11) is 0. The Morgan fingerprint density at radius 1 is 0.481 bits per heavy atom. The van der Waals surface area contributed by atoms with E-state index in [4.69, 9.17) is 9.97 Å². The van der Waals surface area contributed by atoms with Crippen LogP contribution in [0.5, 0.6) is 0 Å². The van der Waals surface area contributed by atoms with Crippen molar-refractivity contribution in [2.24, 2.45) is 0 Å². The Morgan fingerprint density at radius 2 is 1.17 bits per heavy atom. The molecule has 0 N–H and O–H groups in total. The zero-order valence-corrected chi connectivity index (χ0v) is 30.2. The molecule has 7 aromatic carbocycles. The first kappa shape index (κ1) is 31.0. The third kappa shape index (κ3) is 5.10. The van der Waals surface area contributed by atoms with E-state index in [0.29, 0.717) is 0 Å². The Kier molecular flexibility index (Phi) is 7.17. The van der Waals surface area contributed by atoms with Gasteiger partial charge in [-0.1, -0.05) is 115 Å². The Bertz CT molecular complexity index is 3110. The summed E-state index contributed by atoms with van der Waals surface area (Å²) in [4.78, 5) is 10.2. The molecule has 0 fully saturated rings. The third-order valence-corrected chi connectivity index (χ3v) is 12.0. The maximum atomic E-state index is 5.15. The molecular weight excluding hydrogens is 675 g/mol. The van der Waals surface area contributed by atoms with Gasteiger partial charge in [0.15, 0.2) is 5.82 Å². The zero-order chi connectivity index (χ0) is 35.6. The summed E-state index contributed by atoms with van der Waals surface area (Å²) in [6.45, 7) is 0. The Hall–Kier alpha value is -6.62. The monoisotopic (exact) mass is 707 g/mol. The lowest BCUT2D eigenvalue weighted by Gasteiger charge is -2.14. The van der Waals surface area contributed by atoms with Gasteiger partial charge in [-0.2, -0.15) is 0 Å². The number of para-hydroxylation sites is 1. The van der Waals surface area contributed by atoms with Gasteiger partial charge in [0.1, 0.15) is 0 Å². The molecule has 0 saturated carbocycles. The van der Waals surface area contributed by atoms with Gasteiger partial charge >= 0.3 is 0 Å². The zero-order valence-electron chi connectivity index (χ0n) is 29.4. The number of allylic oxidation sites excluding steroid dienone is 1. The fraction of sp³-hybridized carbons (Fsp3) is 0.0400.